The first-order valence-corrected chi connectivity index (χ1v) is 4.74. The first-order valence-electron chi connectivity index (χ1n) is 4.74. The summed E-state index contributed by atoms with van der Waals surface area (Å²) < 4.78 is 9.65. The zero-order valence-electron chi connectivity index (χ0n) is 8.94. The third kappa shape index (κ3) is 1.69. The van der Waals surface area contributed by atoms with Crippen LogP contribution in [0.3, 0.4) is 0 Å². The van der Waals surface area contributed by atoms with Gasteiger partial charge in [-0.15, -0.1) is 0 Å². The molecule has 1 aromatic carbocycles. The molecule has 4 heteroatoms. The van der Waals surface area contributed by atoms with Crippen molar-refractivity contribution in [2.24, 2.45) is 0 Å². The molecule has 0 aliphatic rings. The summed E-state index contributed by atoms with van der Waals surface area (Å²) in [6.45, 7) is 1.86. The number of aryl methyl sites for hydroxylation is 1. The summed E-state index contributed by atoms with van der Waals surface area (Å²) >= 11 is 0. The third-order valence-corrected chi connectivity index (χ3v) is 2.27. The SMILES string of the molecule is COC(=O)c1cc(C)cc2ccc(=O)oc12. The lowest BCUT2D eigenvalue weighted by atomic mass is 10.1. The summed E-state index contributed by atoms with van der Waals surface area (Å²) in [7, 11) is 1.29. The molecule has 0 N–H and O–H groups in total. The van der Waals surface area contributed by atoms with Crippen LogP contribution in [0.5, 0.6) is 0 Å². The second-order valence-electron chi connectivity index (χ2n) is 3.48. The fraction of sp³-hybridized carbons (Fsp3) is 0.167. The van der Waals surface area contributed by atoms with Gasteiger partial charge in [0, 0.05) is 11.5 Å². The Morgan fingerprint density at radius 1 is 1.31 bits per heavy atom. The van der Waals surface area contributed by atoms with Gasteiger partial charge in [0.2, 0.25) is 0 Å². The van der Waals surface area contributed by atoms with Crippen molar-refractivity contribution in [2.75, 3.05) is 7.11 Å². The van der Waals surface area contributed by atoms with Gasteiger partial charge in [0.05, 0.1) is 7.11 Å². The van der Waals surface area contributed by atoms with Crippen LogP contribution in [0.15, 0.2) is 33.5 Å². The highest BCUT2D eigenvalue weighted by Gasteiger charge is 2.13. The molecule has 1 heterocycles. The van der Waals surface area contributed by atoms with Crippen molar-refractivity contribution in [3.05, 3.63) is 45.8 Å². The minimum atomic E-state index is -0.511. The van der Waals surface area contributed by atoms with E-state index in [9.17, 15) is 9.59 Å². The van der Waals surface area contributed by atoms with Crippen molar-refractivity contribution in [2.45, 2.75) is 6.92 Å². The van der Waals surface area contributed by atoms with Crippen LogP contribution >= 0.6 is 0 Å². The molecule has 2 aromatic rings. The first-order chi connectivity index (χ1) is 7.61. The summed E-state index contributed by atoms with van der Waals surface area (Å²) in [5, 5.41) is 0.708. The maximum atomic E-state index is 11.5. The van der Waals surface area contributed by atoms with Gasteiger partial charge >= 0.3 is 11.6 Å². The molecule has 0 amide bonds. The van der Waals surface area contributed by atoms with Gasteiger partial charge in [-0.3, -0.25) is 0 Å². The normalized spacial score (nSPS) is 10.4. The van der Waals surface area contributed by atoms with Crippen molar-refractivity contribution in [1.82, 2.24) is 0 Å². The molecular formula is C12H10O4. The smallest absolute Gasteiger partial charge is 0.341 e. The van der Waals surface area contributed by atoms with Crippen LogP contribution in [0.2, 0.25) is 0 Å². The van der Waals surface area contributed by atoms with Crippen LogP contribution < -0.4 is 5.63 Å². The summed E-state index contributed by atoms with van der Waals surface area (Å²) in [5.74, 6) is -0.511. The van der Waals surface area contributed by atoms with Crippen LogP contribution in [0.1, 0.15) is 15.9 Å². The van der Waals surface area contributed by atoms with Gasteiger partial charge < -0.3 is 9.15 Å². The summed E-state index contributed by atoms with van der Waals surface area (Å²) in [4.78, 5) is 22.6. The number of hydrogen-bond donors (Lipinski definition) is 0. The minimum Gasteiger partial charge on any atom is -0.465 e. The van der Waals surface area contributed by atoms with E-state index in [1.807, 2.05) is 13.0 Å². The maximum absolute atomic E-state index is 11.5. The molecule has 0 aliphatic heterocycles. The van der Waals surface area contributed by atoms with E-state index in [2.05, 4.69) is 4.74 Å². The molecule has 16 heavy (non-hydrogen) atoms. The van der Waals surface area contributed by atoms with Crippen LogP contribution in [0, 0.1) is 6.92 Å². The Balaban J connectivity index is 2.84. The number of fused-ring (bicyclic) bond motifs is 1. The van der Waals surface area contributed by atoms with Crippen molar-refractivity contribution in [1.29, 1.82) is 0 Å². The number of esters is 1. The minimum absolute atomic E-state index is 0.268. The van der Waals surface area contributed by atoms with E-state index < -0.39 is 11.6 Å². The Morgan fingerprint density at radius 3 is 2.75 bits per heavy atom. The molecular weight excluding hydrogens is 208 g/mol. The molecule has 0 radical (unpaired) electrons. The van der Waals surface area contributed by atoms with Crippen molar-refractivity contribution < 1.29 is 13.9 Å². The van der Waals surface area contributed by atoms with E-state index in [0.29, 0.717) is 5.39 Å². The molecule has 0 unspecified atom stereocenters. The Hall–Kier alpha value is -2.10. The molecule has 2 rings (SSSR count). The van der Waals surface area contributed by atoms with Crippen LogP contribution in [0.25, 0.3) is 11.0 Å². The Kier molecular flexibility index (Phi) is 2.48. The van der Waals surface area contributed by atoms with Gasteiger partial charge in [0.15, 0.2) is 5.58 Å². The zero-order chi connectivity index (χ0) is 11.7. The lowest BCUT2D eigenvalue weighted by Crippen LogP contribution is -2.05. The Morgan fingerprint density at radius 2 is 2.06 bits per heavy atom. The summed E-state index contributed by atoms with van der Waals surface area (Å²) in [6, 6.07) is 6.42. The lowest BCUT2D eigenvalue weighted by molar-refractivity contribution is 0.0601. The highest BCUT2D eigenvalue weighted by atomic mass is 16.5. The van der Waals surface area contributed by atoms with Crippen LogP contribution in [-0.4, -0.2) is 13.1 Å². The van der Waals surface area contributed by atoms with E-state index in [0.717, 1.165) is 5.56 Å². The summed E-state index contributed by atoms with van der Waals surface area (Å²) in [5.41, 5.74) is 0.961. The maximum Gasteiger partial charge on any atom is 0.341 e. The van der Waals surface area contributed by atoms with E-state index in [1.54, 1.807) is 12.1 Å². The average Bonchev–Trinajstić information content (AvgIpc) is 2.27. The molecule has 0 saturated carbocycles. The van der Waals surface area contributed by atoms with Gasteiger partial charge in [-0.1, -0.05) is 0 Å². The zero-order valence-corrected chi connectivity index (χ0v) is 8.94. The van der Waals surface area contributed by atoms with Crippen molar-refractivity contribution >= 4 is 16.9 Å². The molecule has 82 valence electrons. The van der Waals surface area contributed by atoms with E-state index in [4.69, 9.17) is 4.42 Å². The molecule has 0 spiro atoms. The number of carbonyl (C=O) groups excluding carboxylic acids is 1. The first kappa shape index (κ1) is 10.4. The number of hydrogen-bond acceptors (Lipinski definition) is 4. The quantitative estimate of drug-likeness (QED) is 0.541. The van der Waals surface area contributed by atoms with Crippen LogP contribution in [-0.2, 0) is 4.74 Å². The van der Waals surface area contributed by atoms with E-state index in [-0.39, 0.29) is 11.1 Å². The predicted octanol–water partition coefficient (Wildman–Crippen LogP) is 1.89. The van der Waals surface area contributed by atoms with Gasteiger partial charge in [0.25, 0.3) is 0 Å². The van der Waals surface area contributed by atoms with Crippen molar-refractivity contribution in [3.63, 3.8) is 0 Å². The topological polar surface area (TPSA) is 56.5 Å². The molecule has 4 nitrogen and oxygen atoms in total. The largest absolute Gasteiger partial charge is 0.465 e. The second-order valence-corrected chi connectivity index (χ2v) is 3.48. The number of ether oxygens (including phenoxy) is 1. The second kappa shape index (κ2) is 3.81. The van der Waals surface area contributed by atoms with E-state index >= 15 is 0 Å². The fourth-order valence-electron chi connectivity index (χ4n) is 1.59. The highest BCUT2D eigenvalue weighted by molar-refractivity contribution is 6.02. The monoisotopic (exact) mass is 218 g/mol. The molecule has 0 bridgehead atoms. The molecule has 0 fully saturated rings. The fourth-order valence-corrected chi connectivity index (χ4v) is 1.59. The highest BCUT2D eigenvalue weighted by Crippen LogP contribution is 2.20. The summed E-state index contributed by atoms with van der Waals surface area (Å²) in [6.07, 6.45) is 0. The predicted molar refractivity (Wildman–Crippen MR) is 58.6 cm³/mol. The van der Waals surface area contributed by atoms with Gasteiger partial charge in [-0.25, -0.2) is 9.59 Å². The number of carbonyl (C=O) groups is 1. The lowest BCUT2D eigenvalue weighted by Gasteiger charge is -2.04. The standard InChI is InChI=1S/C12H10O4/c1-7-5-8-3-4-10(13)16-11(8)9(6-7)12(14)15-2/h3-6H,1-2H3. The molecule has 0 aliphatic carbocycles. The number of methoxy groups -OCH3 is 1. The van der Waals surface area contributed by atoms with Gasteiger partial charge in [-0.2, -0.15) is 0 Å². The van der Waals surface area contributed by atoms with Gasteiger partial charge in [-0.05, 0) is 30.7 Å². The van der Waals surface area contributed by atoms with Gasteiger partial charge in [0.1, 0.15) is 5.56 Å². The number of rotatable bonds is 1. The Bertz CT molecular complexity index is 610. The van der Waals surface area contributed by atoms with E-state index in [1.165, 1.54) is 13.2 Å². The molecule has 0 atom stereocenters. The molecule has 1 aromatic heterocycles. The average molecular weight is 218 g/mol. The third-order valence-electron chi connectivity index (χ3n) is 2.27. The molecule has 0 saturated heterocycles. The Labute approximate surface area is 91.4 Å². The number of benzene rings is 1. The van der Waals surface area contributed by atoms with Crippen molar-refractivity contribution in [3.8, 4) is 0 Å². The van der Waals surface area contributed by atoms with Crippen LogP contribution in [0.4, 0.5) is 0 Å².